The summed E-state index contributed by atoms with van der Waals surface area (Å²) in [4.78, 5) is 13.6. The summed E-state index contributed by atoms with van der Waals surface area (Å²) in [7, 11) is -0.854. The number of benzene rings is 1. The molecule has 8 heteroatoms. The van der Waals surface area contributed by atoms with Crippen molar-refractivity contribution in [1.82, 2.24) is 14.7 Å². The third kappa shape index (κ3) is 3.64. The molecular weight excluding hydrogens is 366 g/mol. The third-order valence-electron chi connectivity index (χ3n) is 5.48. The van der Waals surface area contributed by atoms with Crippen molar-refractivity contribution in [2.24, 2.45) is 5.92 Å². The van der Waals surface area contributed by atoms with Crippen LogP contribution in [0.15, 0.2) is 24.3 Å². The minimum Gasteiger partial charge on any atom is -0.478 e. The Morgan fingerprint density at radius 3 is 2.89 bits per heavy atom. The highest BCUT2D eigenvalue weighted by atomic mass is 32.2. The Balaban J connectivity index is 1.73. The first-order valence-corrected chi connectivity index (χ1v) is 11.0. The second-order valence-corrected chi connectivity index (χ2v) is 9.83. The van der Waals surface area contributed by atoms with Gasteiger partial charge in [-0.2, -0.15) is 5.10 Å². The maximum atomic E-state index is 11.8. The minimum atomic E-state index is -2.92. The number of fused-ring (bicyclic) bond motifs is 1. The van der Waals surface area contributed by atoms with Crippen LogP contribution in [-0.2, 0) is 29.2 Å². The van der Waals surface area contributed by atoms with Crippen molar-refractivity contribution in [3.05, 3.63) is 46.8 Å². The van der Waals surface area contributed by atoms with Crippen LogP contribution < -0.4 is 0 Å². The first-order valence-electron chi connectivity index (χ1n) is 9.15. The van der Waals surface area contributed by atoms with Gasteiger partial charge in [0, 0.05) is 25.1 Å². The lowest BCUT2D eigenvalue weighted by molar-refractivity contribution is 0.0697. The minimum absolute atomic E-state index is 0.111. The zero-order valence-electron chi connectivity index (χ0n) is 15.3. The monoisotopic (exact) mass is 389 g/mol. The zero-order valence-corrected chi connectivity index (χ0v) is 16.1. The van der Waals surface area contributed by atoms with E-state index in [2.05, 4.69) is 11.9 Å². The van der Waals surface area contributed by atoms with Gasteiger partial charge < -0.3 is 10.0 Å². The van der Waals surface area contributed by atoms with E-state index in [1.165, 1.54) is 0 Å². The van der Waals surface area contributed by atoms with Gasteiger partial charge in [0.2, 0.25) is 0 Å². The molecule has 1 fully saturated rings. The summed E-state index contributed by atoms with van der Waals surface area (Å²) in [5, 5.41) is 14.1. The summed E-state index contributed by atoms with van der Waals surface area (Å²) < 4.78 is 25.5. The van der Waals surface area contributed by atoms with E-state index in [1.807, 2.05) is 10.7 Å². The van der Waals surface area contributed by atoms with Crippen LogP contribution in [0.3, 0.4) is 0 Å². The van der Waals surface area contributed by atoms with Gasteiger partial charge in [-0.3, -0.25) is 0 Å². The molecule has 0 aliphatic carbocycles. The van der Waals surface area contributed by atoms with Crippen molar-refractivity contribution in [3.63, 3.8) is 0 Å². The van der Waals surface area contributed by atoms with Crippen LogP contribution in [0.1, 0.15) is 33.7 Å². The van der Waals surface area contributed by atoms with Crippen LogP contribution in [0.5, 0.6) is 0 Å². The summed E-state index contributed by atoms with van der Waals surface area (Å²) in [6, 6.07) is 6.80. The summed E-state index contributed by atoms with van der Waals surface area (Å²) in [6.45, 7) is 1.69. The van der Waals surface area contributed by atoms with Gasteiger partial charge in [-0.15, -0.1) is 0 Å². The predicted octanol–water partition coefficient (Wildman–Crippen LogP) is 1.54. The number of likely N-dealkylation sites (N-methyl/N-ethyl adjacent to an activating group) is 1. The standard InChI is InChI=1S/C19H23N3O4S/c1-21-7-5-18-16(11-21)17(9-13-6-8-27(25,26)12-13)20-22(18)15-4-2-3-14(10-15)19(23)24/h2-4,10,13H,5-9,11-12H2,1H3,(H,23,24). The summed E-state index contributed by atoms with van der Waals surface area (Å²) >= 11 is 0. The molecular formula is C19H23N3O4S. The number of carbonyl (C=O) groups is 1. The Bertz CT molecular complexity index is 996. The Morgan fingerprint density at radius 1 is 1.37 bits per heavy atom. The number of aromatic nitrogens is 2. The molecule has 2 aromatic rings. The molecule has 2 aliphatic heterocycles. The molecule has 2 aliphatic rings. The van der Waals surface area contributed by atoms with E-state index in [-0.39, 0.29) is 23.0 Å². The molecule has 1 aromatic carbocycles. The maximum Gasteiger partial charge on any atom is 0.335 e. The van der Waals surface area contributed by atoms with Crippen LogP contribution in [0.2, 0.25) is 0 Å². The lowest BCUT2D eigenvalue weighted by Gasteiger charge is -2.24. The molecule has 1 saturated heterocycles. The summed E-state index contributed by atoms with van der Waals surface area (Å²) in [5.41, 5.74) is 4.17. The molecule has 1 unspecified atom stereocenters. The molecule has 1 atom stereocenters. The van der Waals surface area contributed by atoms with Gasteiger partial charge in [0.05, 0.1) is 34.1 Å². The maximum absolute atomic E-state index is 11.8. The average molecular weight is 389 g/mol. The number of aromatic carboxylic acids is 1. The molecule has 0 bridgehead atoms. The van der Waals surface area contributed by atoms with E-state index in [0.29, 0.717) is 12.8 Å². The fourth-order valence-electron chi connectivity index (χ4n) is 4.08. The van der Waals surface area contributed by atoms with Crippen molar-refractivity contribution in [1.29, 1.82) is 0 Å². The number of nitrogens with zero attached hydrogens (tertiary/aromatic N) is 3. The van der Waals surface area contributed by atoms with Crippen LogP contribution in [0.25, 0.3) is 5.69 Å². The normalized spacial score (nSPS) is 21.9. The first-order chi connectivity index (χ1) is 12.8. The highest BCUT2D eigenvalue weighted by Crippen LogP contribution is 2.29. The van der Waals surface area contributed by atoms with Gasteiger partial charge in [0.15, 0.2) is 9.84 Å². The largest absolute Gasteiger partial charge is 0.478 e. The van der Waals surface area contributed by atoms with Crippen LogP contribution in [0, 0.1) is 5.92 Å². The van der Waals surface area contributed by atoms with Gasteiger partial charge in [-0.05, 0) is 44.0 Å². The Morgan fingerprint density at radius 2 is 2.19 bits per heavy atom. The third-order valence-corrected chi connectivity index (χ3v) is 7.31. The molecule has 3 heterocycles. The highest BCUT2D eigenvalue weighted by molar-refractivity contribution is 7.91. The predicted molar refractivity (Wildman–Crippen MR) is 101 cm³/mol. The van der Waals surface area contributed by atoms with Gasteiger partial charge in [0.25, 0.3) is 0 Å². The van der Waals surface area contributed by atoms with Crippen molar-refractivity contribution >= 4 is 15.8 Å². The fourth-order valence-corrected chi connectivity index (χ4v) is 5.94. The Hall–Kier alpha value is -2.19. The molecule has 27 heavy (non-hydrogen) atoms. The van der Waals surface area contributed by atoms with E-state index in [0.717, 1.165) is 42.1 Å². The van der Waals surface area contributed by atoms with E-state index in [4.69, 9.17) is 5.10 Å². The van der Waals surface area contributed by atoms with Crippen LogP contribution in [0.4, 0.5) is 0 Å². The molecule has 0 saturated carbocycles. The molecule has 0 radical (unpaired) electrons. The molecule has 1 N–H and O–H groups in total. The molecule has 144 valence electrons. The number of carboxylic acids is 1. The van der Waals surface area contributed by atoms with Gasteiger partial charge in [0.1, 0.15) is 0 Å². The number of carboxylic acid groups (broad SMARTS) is 1. The van der Waals surface area contributed by atoms with Gasteiger partial charge in [-0.1, -0.05) is 6.07 Å². The second-order valence-electron chi connectivity index (χ2n) is 7.60. The quantitative estimate of drug-likeness (QED) is 0.853. The molecule has 7 nitrogen and oxygen atoms in total. The second kappa shape index (κ2) is 6.76. The van der Waals surface area contributed by atoms with Crippen molar-refractivity contribution in [2.45, 2.75) is 25.8 Å². The lowest BCUT2D eigenvalue weighted by atomic mass is 9.97. The Labute approximate surface area is 158 Å². The van der Waals surface area contributed by atoms with E-state index in [9.17, 15) is 18.3 Å². The van der Waals surface area contributed by atoms with Crippen LogP contribution >= 0.6 is 0 Å². The van der Waals surface area contributed by atoms with Crippen molar-refractivity contribution < 1.29 is 18.3 Å². The topological polar surface area (TPSA) is 92.5 Å². The average Bonchev–Trinajstić information content (AvgIpc) is 3.15. The lowest BCUT2D eigenvalue weighted by Crippen LogP contribution is -2.27. The van der Waals surface area contributed by atoms with Gasteiger partial charge in [-0.25, -0.2) is 17.9 Å². The highest BCUT2D eigenvalue weighted by Gasteiger charge is 2.31. The SMILES string of the molecule is CN1CCc2c(c(CC3CCS(=O)(=O)C3)nn2-c2cccc(C(=O)O)c2)C1. The van der Waals surface area contributed by atoms with E-state index < -0.39 is 15.8 Å². The van der Waals surface area contributed by atoms with E-state index in [1.54, 1.807) is 18.2 Å². The number of hydrogen-bond acceptors (Lipinski definition) is 5. The zero-order chi connectivity index (χ0) is 19.2. The van der Waals surface area contributed by atoms with Crippen molar-refractivity contribution in [2.75, 3.05) is 25.1 Å². The number of rotatable bonds is 4. The summed E-state index contributed by atoms with van der Waals surface area (Å²) in [5.74, 6) is -0.353. The van der Waals surface area contributed by atoms with E-state index >= 15 is 0 Å². The molecule has 1 aromatic heterocycles. The van der Waals surface area contributed by atoms with Crippen molar-refractivity contribution in [3.8, 4) is 5.69 Å². The number of sulfone groups is 1. The number of hydrogen-bond donors (Lipinski definition) is 1. The Kier molecular flexibility index (Phi) is 4.55. The molecule has 4 rings (SSSR count). The van der Waals surface area contributed by atoms with Gasteiger partial charge >= 0.3 is 5.97 Å². The van der Waals surface area contributed by atoms with Crippen LogP contribution in [-0.4, -0.2) is 59.3 Å². The first kappa shape index (κ1) is 18.2. The smallest absolute Gasteiger partial charge is 0.335 e. The summed E-state index contributed by atoms with van der Waals surface area (Å²) in [6.07, 6.45) is 2.18. The fraction of sp³-hybridized carbons (Fsp3) is 0.474. The molecule has 0 spiro atoms. The molecule has 0 amide bonds.